The first-order valence-corrected chi connectivity index (χ1v) is 6.57. The van der Waals surface area contributed by atoms with E-state index in [1.54, 1.807) is 0 Å². The highest BCUT2D eigenvalue weighted by molar-refractivity contribution is 7.60. The molecule has 0 radical (unpaired) electrons. The highest BCUT2D eigenvalue weighted by atomic mass is 31.3. The van der Waals surface area contributed by atoms with Crippen LogP contribution in [0.25, 0.3) is 0 Å². The summed E-state index contributed by atoms with van der Waals surface area (Å²) in [6.45, 7) is 5.39. The Morgan fingerprint density at radius 3 is 1.93 bits per heavy atom. The lowest BCUT2D eigenvalue weighted by atomic mass is 10.1. The van der Waals surface area contributed by atoms with Crippen molar-refractivity contribution in [3.05, 3.63) is 12.3 Å². The minimum absolute atomic E-state index is 0.592. The highest BCUT2D eigenvalue weighted by Gasteiger charge is 2.39. The summed E-state index contributed by atoms with van der Waals surface area (Å²) in [7, 11) is -10.1. The number of aliphatic hydroxyl groups excluding tert-OH is 1. The number of phosphoric acid groups is 2. The van der Waals surface area contributed by atoms with Gasteiger partial charge in [0.15, 0.2) is 0 Å². The van der Waals surface area contributed by atoms with Crippen molar-refractivity contribution in [2.45, 2.75) is 19.4 Å². The van der Waals surface area contributed by atoms with E-state index < -0.39 is 27.0 Å². The molecule has 0 aliphatic carbocycles. The lowest BCUT2D eigenvalue weighted by molar-refractivity contribution is 0.0584. The van der Waals surface area contributed by atoms with E-state index in [0.29, 0.717) is 0 Å². The predicted molar refractivity (Wildman–Crippen MR) is 49.9 cm³/mol. The van der Waals surface area contributed by atoms with E-state index in [1.807, 2.05) is 0 Å². The number of hydrogen-bond donors (Lipinski definition) is 4. The molecule has 0 aliphatic heterocycles. The van der Waals surface area contributed by atoms with Crippen molar-refractivity contribution in [1.82, 2.24) is 0 Å². The second-order valence-electron chi connectivity index (χ2n) is 3.09. The maximum absolute atomic E-state index is 11.0. The molecule has 0 aliphatic rings. The Bertz CT molecular complexity index is 341. The molecule has 0 heterocycles. The maximum atomic E-state index is 11.0. The van der Waals surface area contributed by atoms with Crippen LogP contribution in [0.3, 0.4) is 0 Å². The van der Waals surface area contributed by atoms with Gasteiger partial charge in [-0.1, -0.05) is 6.58 Å². The van der Waals surface area contributed by atoms with Crippen molar-refractivity contribution in [2.75, 3.05) is 0 Å². The average molecular weight is 262 g/mol. The van der Waals surface area contributed by atoms with E-state index in [4.69, 9.17) is 19.8 Å². The van der Waals surface area contributed by atoms with Crippen molar-refractivity contribution in [3.8, 4) is 0 Å². The molecule has 0 aromatic carbocycles. The summed E-state index contributed by atoms with van der Waals surface area (Å²) in [6.07, 6.45) is 0. The largest absolute Gasteiger partial charge is 0.510 e. The van der Waals surface area contributed by atoms with Crippen LogP contribution in [0.5, 0.6) is 0 Å². The summed E-state index contributed by atoms with van der Waals surface area (Å²) in [6, 6.07) is 0. The Morgan fingerprint density at radius 1 is 1.27 bits per heavy atom. The first kappa shape index (κ1) is 14.8. The first-order chi connectivity index (χ1) is 6.36. The van der Waals surface area contributed by atoms with Crippen LogP contribution in [0.2, 0.25) is 0 Å². The van der Waals surface area contributed by atoms with Gasteiger partial charge in [-0.3, -0.25) is 4.52 Å². The molecule has 0 aromatic rings. The smallest absolute Gasteiger partial charge is 0.482 e. The third kappa shape index (κ3) is 6.06. The third-order valence-electron chi connectivity index (χ3n) is 1.25. The van der Waals surface area contributed by atoms with Gasteiger partial charge >= 0.3 is 15.6 Å². The van der Waals surface area contributed by atoms with Crippen LogP contribution in [0, 0.1) is 0 Å². The summed E-state index contributed by atoms with van der Waals surface area (Å²) in [4.78, 5) is 25.5. The minimum atomic E-state index is -5.15. The molecule has 1 atom stereocenters. The lowest BCUT2D eigenvalue weighted by Gasteiger charge is -2.25. The molecule has 0 fully saturated rings. The predicted octanol–water partition coefficient (Wildman–Crippen LogP) is 1.06. The second kappa shape index (κ2) is 4.35. The summed E-state index contributed by atoms with van der Waals surface area (Å²) >= 11 is 0. The summed E-state index contributed by atoms with van der Waals surface area (Å²) in [5.74, 6) is -0.592. The fourth-order valence-corrected chi connectivity index (χ4v) is 2.38. The van der Waals surface area contributed by atoms with Gasteiger partial charge < -0.3 is 19.8 Å². The molecule has 10 heteroatoms. The zero-order chi connectivity index (χ0) is 12.5. The normalized spacial score (nSPS) is 17.1. The van der Waals surface area contributed by atoms with E-state index >= 15 is 0 Å². The monoisotopic (exact) mass is 262 g/mol. The second-order valence-corrected chi connectivity index (χ2v) is 5.84. The van der Waals surface area contributed by atoms with E-state index in [-0.39, 0.29) is 0 Å². The van der Waals surface area contributed by atoms with Crippen LogP contribution in [0.1, 0.15) is 13.8 Å². The van der Waals surface area contributed by atoms with Crippen LogP contribution in [0.4, 0.5) is 0 Å². The van der Waals surface area contributed by atoms with Crippen LogP contribution in [-0.4, -0.2) is 25.4 Å². The average Bonchev–Trinajstić information content (AvgIpc) is 1.75. The van der Waals surface area contributed by atoms with Crippen LogP contribution in [0.15, 0.2) is 12.3 Å². The van der Waals surface area contributed by atoms with Crippen LogP contribution >= 0.6 is 15.6 Å². The molecule has 15 heavy (non-hydrogen) atoms. The Kier molecular flexibility index (Phi) is 4.29. The first-order valence-electron chi connectivity index (χ1n) is 3.54. The van der Waals surface area contributed by atoms with Gasteiger partial charge in [-0.25, -0.2) is 9.13 Å². The molecule has 0 saturated carbocycles. The van der Waals surface area contributed by atoms with Crippen molar-refractivity contribution < 1.29 is 37.8 Å². The Morgan fingerprint density at radius 2 is 1.67 bits per heavy atom. The molecular weight excluding hydrogens is 250 g/mol. The highest BCUT2D eigenvalue weighted by Crippen LogP contribution is 2.59. The summed E-state index contributed by atoms with van der Waals surface area (Å²) in [5.41, 5.74) is -1.67. The van der Waals surface area contributed by atoms with Crippen molar-refractivity contribution in [1.29, 1.82) is 0 Å². The van der Waals surface area contributed by atoms with Gasteiger partial charge in [0, 0.05) is 0 Å². The number of phosphoric ester groups is 1. The topological polar surface area (TPSA) is 134 Å². The van der Waals surface area contributed by atoms with Crippen molar-refractivity contribution >= 4 is 15.6 Å². The fourth-order valence-electron chi connectivity index (χ4n) is 0.492. The molecule has 0 saturated heterocycles. The minimum Gasteiger partial charge on any atom is -0.510 e. The Labute approximate surface area is 86.0 Å². The molecule has 0 amide bonds. The molecule has 90 valence electrons. The maximum Gasteiger partial charge on any atom is 0.482 e. The van der Waals surface area contributed by atoms with Gasteiger partial charge in [-0.05, 0) is 13.8 Å². The summed E-state index contributed by atoms with van der Waals surface area (Å²) < 4.78 is 29.1. The molecular formula is C5H12O8P2. The quantitative estimate of drug-likeness (QED) is 0.427. The molecule has 0 bridgehead atoms. The van der Waals surface area contributed by atoms with Crippen molar-refractivity contribution in [3.63, 3.8) is 0 Å². The number of hydrogen-bond acceptors (Lipinski definition) is 5. The zero-order valence-corrected chi connectivity index (χ0v) is 9.81. The fraction of sp³-hybridized carbons (Fsp3) is 0.600. The molecule has 0 aromatic heterocycles. The van der Waals surface area contributed by atoms with Gasteiger partial charge in [0.05, 0.1) is 0 Å². The molecule has 8 nitrogen and oxygen atoms in total. The van der Waals surface area contributed by atoms with Gasteiger partial charge in [-0.2, -0.15) is 4.31 Å². The SMILES string of the molecule is C=C(O)C(C)(C)OP(=O)(O)OP(=O)(O)O. The Hall–Kier alpha value is -0.200. The van der Waals surface area contributed by atoms with E-state index in [9.17, 15) is 9.13 Å². The van der Waals surface area contributed by atoms with Gasteiger partial charge in [0.1, 0.15) is 11.4 Å². The third-order valence-corrected chi connectivity index (χ3v) is 3.61. The van der Waals surface area contributed by atoms with Gasteiger partial charge in [0.25, 0.3) is 0 Å². The number of rotatable bonds is 5. The number of aliphatic hydroxyl groups is 1. The zero-order valence-electron chi connectivity index (χ0n) is 8.02. The summed E-state index contributed by atoms with van der Waals surface area (Å²) in [5, 5.41) is 8.94. The van der Waals surface area contributed by atoms with Crippen LogP contribution < -0.4 is 0 Å². The van der Waals surface area contributed by atoms with Crippen LogP contribution in [-0.2, 0) is 18.0 Å². The molecule has 1 unspecified atom stereocenters. The van der Waals surface area contributed by atoms with E-state index in [2.05, 4.69) is 15.4 Å². The molecule has 0 rings (SSSR count). The Balaban J connectivity index is 4.73. The van der Waals surface area contributed by atoms with Crippen molar-refractivity contribution in [2.24, 2.45) is 0 Å². The van der Waals surface area contributed by atoms with E-state index in [0.717, 1.165) is 0 Å². The molecule has 4 N–H and O–H groups in total. The van der Waals surface area contributed by atoms with Gasteiger partial charge in [0.2, 0.25) is 0 Å². The van der Waals surface area contributed by atoms with E-state index in [1.165, 1.54) is 13.8 Å². The lowest BCUT2D eigenvalue weighted by Crippen LogP contribution is -2.25. The molecule has 0 spiro atoms. The van der Waals surface area contributed by atoms with Gasteiger partial charge in [-0.15, -0.1) is 0 Å². The standard InChI is InChI=1S/C5H12O8P2/c1-4(6)5(2,3)12-15(10,11)13-14(7,8)9/h6H,1H2,2-3H3,(H,10,11)(H2,7,8,9).